The number of aromatic nitrogens is 3. The molecule has 27 heavy (non-hydrogen) atoms. The molecule has 0 atom stereocenters. The summed E-state index contributed by atoms with van der Waals surface area (Å²) in [5.74, 6) is 0.300. The summed E-state index contributed by atoms with van der Waals surface area (Å²) >= 11 is 0. The largest absolute Gasteiger partial charge is 0.496 e. The van der Waals surface area contributed by atoms with Crippen molar-refractivity contribution >= 4 is 22.6 Å². The lowest BCUT2D eigenvalue weighted by atomic mass is 10.1. The van der Waals surface area contributed by atoms with Crippen molar-refractivity contribution < 1.29 is 9.53 Å². The molecule has 1 heterocycles. The standard InChI is InChI=1S/C21H18N4O2/c1-14-12-18-19(24-25(23-18)15-8-4-3-5-9-15)13-17(14)22-21(26)16-10-6-7-11-20(16)27-2/h3-13H,1-2H3,(H,22,26). The van der Waals surface area contributed by atoms with Gasteiger partial charge in [-0.15, -0.1) is 10.2 Å². The highest BCUT2D eigenvalue weighted by molar-refractivity contribution is 6.07. The average molecular weight is 358 g/mol. The van der Waals surface area contributed by atoms with Gasteiger partial charge < -0.3 is 10.1 Å². The number of ether oxygens (including phenoxy) is 1. The molecule has 0 bridgehead atoms. The molecule has 0 saturated heterocycles. The van der Waals surface area contributed by atoms with E-state index in [1.807, 2.05) is 55.5 Å². The number of carbonyl (C=O) groups excluding carboxylic acids is 1. The first-order chi connectivity index (χ1) is 13.2. The molecule has 0 aliphatic carbocycles. The van der Waals surface area contributed by atoms with Gasteiger partial charge in [-0.05, 0) is 48.9 Å². The molecule has 0 aliphatic rings. The van der Waals surface area contributed by atoms with E-state index in [2.05, 4.69) is 15.5 Å². The minimum Gasteiger partial charge on any atom is -0.496 e. The van der Waals surface area contributed by atoms with Crippen LogP contribution in [0.25, 0.3) is 16.7 Å². The Labute approximate surface area is 156 Å². The number of rotatable bonds is 4. The van der Waals surface area contributed by atoms with Gasteiger partial charge in [-0.3, -0.25) is 4.79 Å². The van der Waals surface area contributed by atoms with Crippen LogP contribution < -0.4 is 10.1 Å². The van der Waals surface area contributed by atoms with Crippen LogP contribution in [-0.2, 0) is 0 Å². The average Bonchev–Trinajstić information content (AvgIpc) is 3.11. The van der Waals surface area contributed by atoms with Crippen molar-refractivity contribution in [3.05, 3.63) is 77.9 Å². The zero-order valence-corrected chi connectivity index (χ0v) is 15.0. The molecule has 1 aromatic heterocycles. The molecule has 0 spiro atoms. The summed E-state index contributed by atoms with van der Waals surface area (Å²) < 4.78 is 5.27. The first-order valence-electron chi connectivity index (χ1n) is 8.53. The molecule has 0 saturated carbocycles. The number of benzene rings is 3. The molecule has 4 aromatic rings. The Balaban J connectivity index is 1.68. The molecule has 0 aliphatic heterocycles. The molecule has 6 nitrogen and oxygen atoms in total. The van der Waals surface area contributed by atoms with Crippen LogP contribution in [-0.4, -0.2) is 28.0 Å². The number of aryl methyl sites for hydroxylation is 1. The number of amides is 1. The Morgan fingerprint density at radius 2 is 1.63 bits per heavy atom. The first kappa shape index (κ1) is 16.8. The van der Waals surface area contributed by atoms with Gasteiger partial charge in [-0.1, -0.05) is 30.3 Å². The summed E-state index contributed by atoms with van der Waals surface area (Å²) in [6.07, 6.45) is 0. The van der Waals surface area contributed by atoms with E-state index in [9.17, 15) is 4.79 Å². The van der Waals surface area contributed by atoms with Crippen molar-refractivity contribution in [2.75, 3.05) is 12.4 Å². The Kier molecular flexibility index (Phi) is 4.30. The lowest BCUT2D eigenvalue weighted by Gasteiger charge is -2.10. The molecule has 6 heteroatoms. The van der Waals surface area contributed by atoms with Crippen molar-refractivity contribution in [1.29, 1.82) is 0 Å². The maximum atomic E-state index is 12.7. The number of para-hydroxylation sites is 2. The van der Waals surface area contributed by atoms with Crippen LogP contribution in [0.4, 0.5) is 5.69 Å². The molecule has 0 unspecified atom stereocenters. The van der Waals surface area contributed by atoms with Crippen molar-refractivity contribution in [1.82, 2.24) is 15.0 Å². The van der Waals surface area contributed by atoms with Crippen LogP contribution in [0.5, 0.6) is 5.75 Å². The zero-order chi connectivity index (χ0) is 18.8. The summed E-state index contributed by atoms with van der Waals surface area (Å²) in [4.78, 5) is 14.3. The topological polar surface area (TPSA) is 69.0 Å². The van der Waals surface area contributed by atoms with E-state index in [4.69, 9.17) is 4.74 Å². The second-order valence-electron chi connectivity index (χ2n) is 6.14. The number of fused-ring (bicyclic) bond motifs is 1. The number of hydrogen-bond acceptors (Lipinski definition) is 4. The third-order valence-electron chi connectivity index (χ3n) is 4.31. The second-order valence-corrected chi connectivity index (χ2v) is 6.14. The van der Waals surface area contributed by atoms with Gasteiger partial charge in [0.1, 0.15) is 16.8 Å². The minimum absolute atomic E-state index is 0.231. The zero-order valence-electron chi connectivity index (χ0n) is 15.0. The third-order valence-corrected chi connectivity index (χ3v) is 4.31. The van der Waals surface area contributed by atoms with E-state index in [1.165, 1.54) is 0 Å². The van der Waals surface area contributed by atoms with Gasteiger partial charge in [0.15, 0.2) is 0 Å². The summed E-state index contributed by atoms with van der Waals surface area (Å²) in [6, 6.07) is 20.6. The normalized spacial score (nSPS) is 10.7. The fourth-order valence-electron chi connectivity index (χ4n) is 2.90. The smallest absolute Gasteiger partial charge is 0.259 e. The molecular formula is C21H18N4O2. The quantitative estimate of drug-likeness (QED) is 0.599. The number of nitrogens with zero attached hydrogens (tertiary/aromatic N) is 3. The van der Waals surface area contributed by atoms with Gasteiger partial charge >= 0.3 is 0 Å². The minimum atomic E-state index is -0.231. The first-order valence-corrected chi connectivity index (χ1v) is 8.53. The molecule has 0 fully saturated rings. The highest BCUT2D eigenvalue weighted by atomic mass is 16.5. The summed E-state index contributed by atoms with van der Waals surface area (Å²) in [7, 11) is 1.55. The maximum absolute atomic E-state index is 12.7. The van der Waals surface area contributed by atoms with Gasteiger partial charge in [-0.2, -0.15) is 4.80 Å². The number of methoxy groups -OCH3 is 1. The predicted molar refractivity (Wildman–Crippen MR) is 105 cm³/mol. The van der Waals surface area contributed by atoms with Crippen molar-refractivity contribution in [2.24, 2.45) is 0 Å². The molecule has 1 N–H and O–H groups in total. The predicted octanol–water partition coefficient (Wildman–Crippen LogP) is 3.99. The SMILES string of the molecule is COc1ccccc1C(=O)Nc1cc2nn(-c3ccccc3)nc2cc1C. The van der Waals surface area contributed by atoms with E-state index in [0.717, 1.165) is 16.8 Å². The summed E-state index contributed by atoms with van der Waals surface area (Å²) in [5.41, 5.74) is 4.44. The van der Waals surface area contributed by atoms with Gasteiger partial charge in [0.05, 0.1) is 18.4 Å². The Morgan fingerprint density at radius 3 is 2.37 bits per heavy atom. The van der Waals surface area contributed by atoms with E-state index >= 15 is 0 Å². The van der Waals surface area contributed by atoms with E-state index in [0.29, 0.717) is 22.5 Å². The number of carbonyl (C=O) groups is 1. The van der Waals surface area contributed by atoms with Crippen LogP contribution in [0.1, 0.15) is 15.9 Å². The number of nitrogens with one attached hydrogen (secondary N) is 1. The lowest BCUT2D eigenvalue weighted by Crippen LogP contribution is -2.13. The van der Waals surface area contributed by atoms with Crippen molar-refractivity contribution in [3.8, 4) is 11.4 Å². The van der Waals surface area contributed by atoms with Gasteiger partial charge in [-0.25, -0.2) is 0 Å². The molecule has 4 rings (SSSR count). The number of anilines is 1. The van der Waals surface area contributed by atoms with E-state index in [-0.39, 0.29) is 5.91 Å². The van der Waals surface area contributed by atoms with Gasteiger partial charge in [0.25, 0.3) is 5.91 Å². The molecule has 134 valence electrons. The molecule has 0 radical (unpaired) electrons. The second kappa shape index (κ2) is 6.92. The Morgan fingerprint density at radius 1 is 0.963 bits per heavy atom. The molecule has 1 amide bonds. The van der Waals surface area contributed by atoms with Crippen molar-refractivity contribution in [3.63, 3.8) is 0 Å². The molecule has 3 aromatic carbocycles. The van der Waals surface area contributed by atoms with Crippen LogP contribution in [0.2, 0.25) is 0 Å². The summed E-state index contributed by atoms with van der Waals surface area (Å²) in [6.45, 7) is 1.93. The van der Waals surface area contributed by atoms with Crippen molar-refractivity contribution in [2.45, 2.75) is 6.92 Å². The van der Waals surface area contributed by atoms with E-state index in [1.54, 1.807) is 30.1 Å². The number of hydrogen-bond donors (Lipinski definition) is 1. The maximum Gasteiger partial charge on any atom is 0.259 e. The van der Waals surface area contributed by atoms with Crippen LogP contribution in [0.15, 0.2) is 66.7 Å². The summed E-state index contributed by atoms with van der Waals surface area (Å²) in [5, 5.41) is 12.0. The molecular weight excluding hydrogens is 340 g/mol. The van der Waals surface area contributed by atoms with E-state index < -0.39 is 0 Å². The third kappa shape index (κ3) is 3.25. The lowest BCUT2D eigenvalue weighted by molar-refractivity contribution is 0.102. The fourth-order valence-corrected chi connectivity index (χ4v) is 2.90. The van der Waals surface area contributed by atoms with Crippen LogP contribution in [0, 0.1) is 6.92 Å². The highest BCUT2D eigenvalue weighted by Crippen LogP contribution is 2.24. The van der Waals surface area contributed by atoms with Crippen LogP contribution >= 0.6 is 0 Å². The Hall–Kier alpha value is -3.67. The van der Waals surface area contributed by atoms with Crippen LogP contribution in [0.3, 0.4) is 0 Å². The fraction of sp³-hybridized carbons (Fsp3) is 0.0952. The van der Waals surface area contributed by atoms with Gasteiger partial charge in [0.2, 0.25) is 0 Å². The Bertz CT molecular complexity index is 1120. The highest BCUT2D eigenvalue weighted by Gasteiger charge is 2.14. The van der Waals surface area contributed by atoms with Gasteiger partial charge in [0, 0.05) is 5.69 Å². The monoisotopic (exact) mass is 358 g/mol.